The highest BCUT2D eigenvalue weighted by Crippen LogP contribution is 2.40. The van der Waals surface area contributed by atoms with Gasteiger partial charge in [-0.3, -0.25) is 4.79 Å². The summed E-state index contributed by atoms with van der Waals surface area (Å²) in [5.74, 6) is -0.0697. The van der Waals surface area contributed by atoms with Gasteiger partial charge in [0.1, 0.15) is 0 Å². The highest BCUT2D eigenvalue weighted by molar-refractivity contribution is 5.94. The maximum Gasteiger partial charge on any atom is 0.251 e. The van der Waals surface area contributed by atoms with Crippen molar-refractivity contribution in [3.05, 3.63) is 34.9 Å². The van der Waals surface area contributed by atoms with Gasteiger partial charge in [-0.25, -0.2) is 0 Å². The van der Waals surface area contributed by atoms with Gasteiger partial charge in [-0.05, 0) is 29.7 Å². The fourth-order valence-corrected chi connectivity index (χ4v) is 2.70. The smallest absolute Gasteiger partial charge is 0.251 e. The van der Waals surface area contributed by atoms with Gasteiger partial charge in [0, 0.05) is 17.0 Å². The van der Waals surface area contributed by atoms with Gasteiger partial charge in [0.25, 0.3) is 5.91 Å². The number of hydrogen-bond acceptors (Lipinski definition) is 3. The average molecular weight is 261 g/mol. The van der Waals surface area contributed by atoms with Gasteiger partial charge in [-0.1, -0.05) is 19.9 Å². The number of benzene rings is 1. The molecule has 19 heavy (non-hydrogen) atoms. The molecule has 1 fully saturated rings. The zero-order valence-electron chi connectivity index (χ0n) is 11.3. The van der Waals surface area contributed by atoms with Crippen molar-refractivity contribution in [2.45, 2.75) is 45.6 Å². The zero-order valence-corrected chi connectivity index (χ0v) is 11.3. The van der Waals surface area contributed by atoms with E-state index in [9.17, 15) is 9.90 Å². The summed E-state index contributed by atoms with van der Waals surface area (Å²) in [6.45, 7) is 5.18. The van der Waals surface area contributed by atoms with Gasteiger partial charge in [-0.2, -0.15) is 0 Å². The largest absolute Gasteiger partial charge is 0.392 e. The van der Waals surface area contributed by atoms with Gasteiger partial charge in [-0.15, -0.1) is 0 Å². The lowest BCUT2D eigenvalue weighted by molar-refractivity contribution is -0.0689. The summed E-state index contributed by atoms with van der Waals surface area (Å²) in [6, 6.07) is 5.74. The molecule has 0 aromatic heterocycles. The number of carbonyl (C=O) groups excluding carboxylic acids is 1. The minimum Gasteiger partial charge on any atom is -0.392 e. The first-order valence-electron chi connectivity index (χ1n) is 6.67. The van der Waals surface area contributed by atoms with Gasteiger partial charge < -0.3 is 15.2 Å². The van der Waals surface area contributed by atoms with Crippen molar-refractivity contribution < 1.29 is 14.6 Å². The van der Waals surface area contributed by atoms with E-state index in [1.807, 2.05) is 32.0 Å². The number of rotatable bonds is 2. The summed E-state index contributed by atoms with van der Waals surface area (Å²) < 4.78 is 5.35. The van der Waals surface area contributed by atoms with E-state index < -0.39 is 0 Å². The van der Waals surface area contributed by atoms with Crippen LogP contribution < -0.4 is 5.32 Å². The molecule has 0 bridgehead atoms. The Labute approximate surface area is 112 Å². The van der Waals surface area contributed by atoms with E-state index in [2.05, 4.69) is 5.32 Å². The van der Waals surface area contributed by atoms with Gasteiger partial charge in [0.2, 0.25) is 0 Å². The van der Waals surface area contributed by atoms with E-state index >= 15 is 0 Å². The number of nitrogens with one attached hydrogen (secondary N) is 1. The first kappa shape index (κ1) is 12.6. The van der Waals surface area contributed by atoms with Crippen molar-refractivity contribution in [3.8, 4) is 0 Å². The van der Waals surface area contributed by atoms with Crippen molar-refractivity contribution in [2.75, 3.05) is 0 Å². The second-order valence-corrected chi connectivity index (χ2v) is 6.08. The molecular formula is C15H19NO3. The number of fused-ring (bicyclic) bond motifs is 1. The molecule has 4 heteroatoms. The monoisotopic (exact) mass is 261 g/mol. The molecule has 0 saturated heterocycles. The topological polar surface area (TPSA) is 58.6 Å². The standard InChI is InChI=1S/C15H19NO3/c1-15(2)12(6-13(15)17)16-14(18)9-3-4-10-7-19-8-11(10)5-9/h3-5,12-13,17H,6-8H2,1-2H3,(H,16,18). The summed E-state index contributed by atoms with van der Waals surface area (Å²) in [5, 5.41) is 12.7. The third-order valence-corrected chi connectivity index (χ3v) is 4.50. The molecule has 4 nitrogen and oxygen atoms in total. The molecule has 0 spiro atoms. The Bertz CT molecular complexity index is 524. The molecule has 2 aliphatic rings. The fourth-order valence-electron chi connectivity index (χ4n) is 2.70. The SMILES string of the molecule is CC1(C)C(O)CC1NC(=O)c1ccc2c(c1)COC2. The van der Waals surface area contributed by atoms with Crippen LogP contribution in [0.1, 0.15) is 41.8 Å². The van der Waals surface area contributed by atoms with E-state index in [0.29, 0.717) is 25.2 Å². The second-order valence-electron chi connectivity index (χ2n) is 6.08. The van der Waals surface area contributed by atoms with Gasteiger partial charge in [0.15, 0.2) is 0 Å². The minimum absolute atomic E-state index is 0.0412. The number of hydrogen-bond donors (Lipinski definition) is 2. The van der Waals surface area contributed by atoms with Crippen LogP contribution in [0.5, 0.6) is 0 Å². The Kier molecular flexibility index (Phi) is 2.87. The highest BCUT2D eigenvalue weighted by Gasteiger charge is 2.47. The van der Waals surface area contributed by atoms with E-state index in [-0.39, 0.29) is 23.5 Å². The number of aliphatic hydroxyl groups excluding tert-OH is 1. The lowest BCUT2D eigenvalue weighted by Crippen LogP contribution is -2.61. The van der Waals surface area contributed by atoms with Gasteiger partial charge in [0.05, 0.1) is 19.3 Å². The van der Waals surface area contributed by atoms with Crippen LogP contribution in [0, 0.1) is 5.41 Å². The number of aliphatic hydroxyl groups is 1. The number of ether oxygens (including phenoxy) is 1. The Balaban J connectivity index is 1.71. The van der Waals surface area contributed by atoms with Crippen LogP contribution in [0.2, 0.25) is 0 Å². The van der Waals surface area contributed by atoms with E-state index in [4.69, 9.17) is 4.74 Å². The van der Waals surface area contributed by atoms with Crippen molar-refractivity contribution >= 4 is 5.91 Å². The Hall–Kier alpha value is -1.39. The van der Waals surface area contributed by atoms with Crippen molar-refractivity contribution in [1.29, 1.82) is 0 Å². The van der Waals surface area contributed by atoms with E-state index in [1.165, 1.54) is 0 Å². The third kappa shape index (κ3) is 2.05. The Morgan fingerprint density at radius 2 is 2.11 bits per heavy atom. The molecular weight excluding hydrogens is 242 g/mol. The molecule has 3 rings (SSSR count). The predicted octanol–water partition coefficient (Wildman–Crippen LogP) is 1.61. The number of carbonyl (C=O) groups is 1. The molecule has 2 atom stereocenters. The van der Waals surface area contributed by atoms with Crippen molar-refractivity contribution in [1.82, 2.24) is 5.32 Å². The van der Waals surface area contributed by atoms with Crippen LogP contribution in [0.25, 0.3) is 0 Å². The Morgan fingerprint density at radius 1 is 1.37 bits per heavy atom. The second kappa shape index (κ2) is 4.32. The molecule has 1 saturated carbocycles. The lowest BCUT2D eigenvalue weighted by Gasteiger charge is -2.49. The molecule has 1 aromatic carbocycles. The molecule has 0 radical (unpaired) electrons. The molecule has 1 heterocycles. The fraction of sp³-hybridized carbons (Fsp3) is 0.533. The first-order valence-corrected chi connectivity index (χ1v) is 6.67. The summed E-state index contributed by atoms with van der Waals surface area (Å²) >= 11 is 0. The van der Waals surface area contributed by atoms with Crippen LogP contribution >= 0.6 is 0 Å². The molecule has 1 aliphatic carbocycles. The number of amides is 1. The quantitative estimate of drug-likeness (QED) is 0.850. The molecule has 1 aliphatic heterocycles. The zero-order chi connectivity index (χ0) is 13.6. The molecule has 2 unspecified atom stereocenters. The van der Waals surface area contributed by atoms with Crippen molar-refractivity contribution in [3.63, 3.8) is 0 Å². The van der Waals surface area contributed by atoms with E-state index in [1.54, 1.807) is 0 Å². The summed E-state index contributed by atoms with van der Waals surface area (Å²) in [7, 11) is 0. The van der Waals surface area contributed by atoms with Crippen LogP contribution in [0.4, 0.5) is 0 Å². The van der Waals surface area contributed by atoms with Crippen molar-refractivity contribution in [2.24, 2.45) is 5.41 Å². The molecule has 1 amide bonds. The van der Waals surface area contributed by atoms with Crippen LogP contribution in [-0.4, -0.2) is 23.2 Å². The maximum absolute atomic E-state index is 12.2. The maximum atomic E-state index is 12.2. The average Bonchev–Trinajstić information content (AvgIpc) is 2.85. The van der Waals surface area contributed by atoms with Gasteiger partial charge >= 0.3 is 0 Å². The molecule has 1 aromatic rings. The van der Waals surface area contributed by atoms with Crippen LogP contribution in [0.15, 0.2) is 18.2 Å². The Morgan fingerprint density at radius 3 is 2.79 bits per heavy atom. The van der Waals surface area contributed by atoms with Crippen LogP contribution in [0.3, 0.4) is 0 Å². The predicted molar refractivity (Wildman–Crippen MR) is 70.6 cm³/mol. The summed E-state index contributed by atoms with van der Waals surface area (Å²) in [6.07, 6.45) is 0.304. The summed E-state index contributed by atoms with van der Waals surface area (Å²) in [4.78, 5) is 12.2. The highest BCUT2D eigenvalue weighted by atomic mass is 16.5. The lowest BCUT2D eigenvalue weighted by atomic mass is 9.64. The first-order chi connectivity index (χ1) is 8.98. The molecule has 2 N–H and O–H groups in total. The normalized spacial score (nSPS) is 27.5. The van der Waals surface area contributed by atoms with E-state index in [0.717, 1.165) is 11.1 Å². The third-order valence-electron chi connectivity index (χ3n) is 4.50. The minimum atomic E-state index is -0.328. The summed E-state index contributed by atoms with van der Waals surface area (Å²) in [5.41, 5.74) is 2.69. The molecule has 102 valence electrons. The van der Waals surface area contributed by atoms with Crippen LogP contribution in [-0.2, 0) is 18.0 Å².